The van der Waals surface area contributed by atoms with Crippen LogP contribution in [0.3, 0.4) is 0 Å². The normalized spacial score (nSPS) is 14.9. The van der Waals surface area contributed by atoms with Crippen LogP contribution in [0.5, 0.6) is 0 Å². The van der Waals surface area contributed by atoms with Gasteiger partial charge in [0.15, 0.2) is 5.69 Å². The molecule has 2 heterocycles. The van der Waals surface area contributed by atoms with Gasteiger partial charge in [0, 0.05) is 25.0 Å². The Balaban J connectivity index is 1.92. The number of nitro benzene ring substituents is 1. The molecule has 0 N–H and O–H groups in total. The van der Waals surface area contributed by atoms with Crippen molar-refractivity contribution in [3.05, 3.63) is 74.6 Å². The lowest BCUT2D eigenvalue weighted by atomic mass is 10.2. The molecule has 10 nitrogen and oxygen atoms in total. The molecule has 0 unspecified atom stereocenters. The minimum Gasteiger partial charge on any atom is -0.358 e. The number of hydrogen-bond donors (Lipinski definition) is 0. The zero-order valence-electron chi connectivity index (χ0n) is 13.1. The molecule has 0 fully saturated rings. The summed E-state index contributed by atoms with van der Waals surface area (Å²) in [6.45, 7) is 0.647. The second kappa shape index (κ2) is 7.01. The van der Waals surface area contributed by atoms with E-state index in [4.69, 9.17) is 0 Å². The third-order valence-electron chi connectivity index (χ3n) is 3.63. The second-order valence-corrected chi connectivity index (χ2v) is 5.41. The fourth-order valence-electron chi connectivity index (χ4n) is 2.56. The average Bonchev–Trinajstić information content (AvgIpc) is 2.62. The predicted molar refractivity (Wildman–Crippen MR) is 89.5 cm³/mol. The zero-order valence-corrected chi connectivity index (χ0v) is 13.1. The van der Waals surface area contributed by atoms with Gasteiger partial charge in [0.25, 0.3) is 5.69 Å². The number of hydrogen-bond acceptors (Lipinski definition) is 8. The average molecular weight is 342 g/mol. The van der Waals surface area contributed by atoms with Crippen molar-refractivity contribution in [2.24, 2.45) is 5.10 Å². The zero-order chi connectivity index (χ0) is 17.8. The number of anilines is 1. The Bertz CT molecular complexity index is 826. The lowest BCUT2D eigenvalue weighted by molar-refractivity contribution is -0.384. The van der Waals surface area contributed by atoms with Crippen LogP contribution < -0.4 is 5.01 Å². The Hall–Kier alpha value is -3.40. The van der Waals surface area contributed by atoms with Crippen LogP contribution in [0.1, 0.15) is 5.56 Å². The van der Waals surface area contributed by atoms with E-state index in [9.17, 15) is 20.2 Å². The molecule has 10 heteroatoms. The molecule has 3 rings (SSSR count). The Morgan fingerprint density at radius 1 is 1.08 bits per heavy atom. The fourth-order valence-corrected chi connectivity index (χ4v) is 2.56. The molecule has 0 radical (unpaired) electrons. The molecule has 1 aliphatic rings. The van der Waals surface area contributed by atoms with Crippen molar-refractivity contribution in [2.75, 3.05) is 18.2 Å². The van der Waals surface area contributed by atoms with Crippen LogP contribution in [0.25, 0.3) is 0 Å². The van der Waals surface area contributed by atoms with Crippen LogP contribution in [0, 0.1) is 20.2 Å². The van der Waals surface area contributed by atoms with Crippen molar-refractivity contribution in [1.82, 2.24) is 9.88 Å². The Kier molecular flexibility index (Phi) is 4.61. The lowest BCUT2D eigenvalue weighted by Crippen LogP contribution is -2.45. The van der Waals surface area contributed by atoms with Crippen LogP contribution in [-0.2, 0) is 6.54 Å². The maximum atomic E-state index is 11.2. The first kappa shape index (κ1) is 16.5. The van der Waals surface area contributed by atoms with Crippen LogP contribution >= 0.6 is 0 Å². The molecular formula is C15H14N6O4. The molecule has 0 aliphatic carbocycles. The number of amidine groups is 1. The number of pyridine rings is 1. The van der Waals surface area contributed by atoms with E-state index in [0.717, 1.165) is 5.56 Å². The highest BCUT2D eigenvalue weighted by molar-refractivity contribution is 5.79. The molecule has 0 saturated carbocycles. The lowest BCUT2D eigenvalue weighted by Gasteiger charge is -2.27. The number of nitrogens with zero attached hydrogens (tertiary/aromatic N) is 6. The Morgan fingerprint density at radius 2 is 1.88 bits per heavy atom. The summed E-state index contributed by atoms with van der Waals surface area (Å²) in [4.78, 5) is 27.1. The smallest absolute Gasteiger partial charge is 0.358 e. The number of rotatable bonds is 4. The highest BCUT2D eigenvalue weighted by atomic mass is 16.6. The van der Waals surface area contributed by atoms with Gasteiger partial charge in [0.05, 0.1) is 10.0 Å². The molecule has 2 aromatic rings. The summed E-state index contributed by atoms with van der Waals surface area (Å²) in [7, 11) is 0. The minimum absolute atomic E-state index is 0.0407. The van der Waals surface area contributed by atoms with E-state index in [2.05, 4.69) is 10.1 Å². The quantitative estimate of drug-likeness (QED) is 0.614. The van der Waals surface area contributed by atoms with E-state index < -0.39 is 9.85 Å². The number of hydrazone groups is 1. The molecule has 0 amide bonds. The summed E-state index contributed by atoms with van der Waals surface area (Å²) in [6.07, 6.45) is 3.32. The first-order chi connectivity index (χ1) is 12.0. The summed E-state index contributed by atoms with van der Waals surface area (Å²) >= 11 is 0. The number of aromatic nitrogens is 1. The third kappa shape index (κ3) is 3.75. The molecule has 1 aromatic heterocycles. The topological polar surface area (TPSA) is 118 Å². The predicted octanol–water partition coefficient (Wildman–Crippen LogP) is 1.86. The van der Waals surface area contributed by atoms with Crippen molar-refractivity contribution in [3.63, 3.8) is 0 Å². The van der Waals surface area contributed by atoms with Gasteiger partial charge in [-0.2, -0.15) is 5.01 Å². The highest BCUT2D eigenvalue weighted by Gasteiger charge is 2.32. The van der Waals surface area contributed by atoms with Crippen LogP contribution in [0.15, 0.2) is 53.9 Å². The van der Waals surface area contributed by atoms with Crippen LogP contribution in [-0.4, -0.2) is 38.8 Å². The van der Waals surface area contributed by atoms with Crippen LogP contribution in [0.2, 0.25) is 0 Å². The molecule has 0 bridgehead atoms. The summed E-state index contributed by atoms with van der Waals surface area (Å²) in [6, 6.07) is 9.67. The molecule has 0 atom stereocenters. The first-order valence-corrected chi connectivity index (χ1v) is 7.38. The fraction of sp³-hybridized carbons (Fsp3) is 0.200. The number of nitro groups is 2. The molecular weight excluding hydrogens is 328 g/mol. The van der Waals surface area contributed by atoms with Crippen molar-refractivity contribution in [2.45, 2.75) is 6.54 Å². The maximum absolute atomic E-state index is 11.2. The highest BCUT2D eigenvalue weighted by Crippen LogP contribution is 2.29. The maximum Gasteiger partial charge on any atom is 0.378 e. The minimum atomic E-state index is -0.572. The second-order valence-electron chi connectivity index (χ2n) is 5.41. The molecule has 1 aromatic carbocycles. The number of para-hydroxylation sites is 2. The van der Waals surface area contributed by atoms with E-state index in [1.165, 1.54) is 23.2 Å². The molecule has 128 valence electrons. The standard InChI is InChI=1S/C15H14N6O4/c22-20(23)14-6-2-1-5-13(14)19-11-18(10-15(17-19)21(24)25)9-12-4-3-7-16-8-12/h1-8H,9-11H2. The SMILES string of the molecule is O=[N+]([O-])C1=NN(c2ccccc2[N+](=O)[O-])CN(Cc2cccnc2)C1. The van der Waals surface area contributed by atoms with Crippen molar-refractivity contribution in [1.29, 1.82) is 0 Å². The van der Waals surface area contributed by atoms with Crippen molar-refractivity contribution in [3.8, 4) is 0 Å². The third-order valence-corrected chi connectivity index (χ3v) is 3.63. The molecule has 0 saturated heterocycles. The van der Waals surface area contributed by atoms with Gasteiger partial charge in [0.2, 0.25) is 0 Å². The van der Waals surface area contributed by atoms with Gasteiger partial charge in [-0.3, -0.25) is 20.0 Å². The van der Waals surface area contributed by atoms with E-state index in [1.54, 1.807) is 29.4 Å². The van der Waals surface area contributed by atoms with Crippen LogP contribution in [0.4, 0.5) is 11.4 Å². The van der Waals surface area contributed by atoms with E-state index in [-0.39, 0.29) is 30.4 Å². The van der Waals surface area contributed by atoms with Gasteiger partial charge in [-0.1, -0.05) is 18.2 Å². The van der Waals surface area contributed by atoms with Gasteiger partial charge in [-0.25, -0.2) is 0 Å². The van der Waals surface area contributed by atoms with Gasteiger partial charge in [-0.15, -0.1) is 0 Å². The van der Waals surface area contributed by atoms with E-state index in [1.807, 2.05) is 6.07 Å². The molecule has 25 heavy (non-hydrogen) atoms. The number of benzene rings is 1. The van der Waals surface area contributed by atoms with E-state index >= 15 is 0 Å². The Labute approximate surface area is 142 Å². The summed E-state index contributed by atoms with van der Waals surface area (Å²) < 4.78 is 0. The van der Waals surface area contributed by atoms with Gasteiger partial charge in [-0.05, 0) is 22.6 Å². The summed E-state index contributed by atoms with van der Waals surface area (Å²) in [5.41, 5.74) is 0.939. The van der Waals surface area contributed by atoms with Gasteiger partial charge < -0.3 is 10.1 Å². The monoisotopic (exact) mass is 342 g/mol. The largest absolute Gasteiger partial charge is 0.378 e. The van der Waals surface area contributed by atoms with E-state index in [0.29, 0.717) is 6.54 Å². The van der Waals surface area contributed by atoms with Gasteiger partial charge in [0.1, 0.15) is 13.2 Å². The first-order valence-electron chi connectivity index (χ1n) is 7.38. The molecule has 1 aliphatic heterocycles. The summed E-state index contributed by atoms with van der Waals surface area (Å²) in [5, 5.41) is 27.7. The van der Waals surface area contributed by atoms with Gasteiger partial charge >= 0.3 is 5.84 Å². The van der Waals surface area contributed by atoms with Crippen molar-refractivity contribution < 1.29 is 9.85 Å². The Morgan fingerprint density at radius 3 is 2.56 bits per heavy atom. The molecule has 0 spiro atoms. The summed E-state index contributed by atoms with van der Waals surface area (Å²) in [5.74, 6) is -0.270. The van der Waals surface area contributed by atoms with Crippen molar-refractivity contribution >= 4 is 17.2 Å².